The van der Waals surface area contributed by atoms with E-state index >= 15 is 0 Å². The van der Waals surface area contributed by atoms with Crippen LogP contribution in [-0.4, -0.2) is 50.4 Å². The highest BCUT2D eigenvalue weighted by Crippen LogP contribution is 2.19. The summed E-state index contributed by atoms with van der Waals surface area (Å²) in [7, 11) is -1.32. The number of hydrogen-bond acceptors (Lipinski definition) is 6. The van der Waals surface area contributed by atoms with Gasteiger partial charge in [-0.1, -0.05) is 26.6 Å². The standard InChI is InChI=1S/C18H29N3O4Si/c1-6-14(22)11-20-17(23)15-9-13(10-19)16(21-12(15)2)18(24)25-7-8-26(3,4)5/h9,14,16,21-22H,6-8,11H2,1-5H3,(H,20,23). The fraction of sp³-hybridized carbons (Fsp3) is 0.611. The van der Waals surface area contributed by atoms with Crippen LogP contribution in [0.4, 0.5) is 0 Å². The number of ether oxygens (including phenoxy) is 1. The number of aliphatic hydroxyl groups is 1. The van der Waals surface area contributed by atoms with E-state index in [1.54, 1.807) is 6.92 Å². The molecule has 1 aliphatic heterocycles. The Balaban J connectivity index is 2.78. The number of allylic oxidation sites excluding steroid dienone is 1. The van der Waals surface area contributed by atoms with Crippen molar-refractivity contribution >= 4 is 20.0 Å². The quantitative estimate of drug-likeness (QED) is 0.435. The third-order valence-electron chi connectivity index (χ3n) is 4.05. The number of hydrogen-bond donors (Lipinski definition) is 3. The minimum Gasteiger partial charge on any atom is -0.464 e. The Morgan fingerprint density at radius 3 is 2.65 bits per heavy atom. The number of amides is 1. The number of aliphatic hydroxyl groups excluding tert-OH is 1. The highest BCUT2D eigenvalue weighted by Gasteiger charge is 2.30. The Morgan fingerprint density at radius 2 is 2.12 bits per heavy atom. The SMILES string of the molecule is CCC(O)CNC(=O)C1=C(C)NC(C(=O)OCC[Si](C)(C)C)C(C#N)=C1. The summed E-state index contributed by atoms with van der Waals surface area (Å²) in [6, 6.07) is 1.91. The van der Waals surface area contributed by atoms with Gasteiger partial charge in [0.05, 0.1) is 29.9 Å². The Hall–Kier alpha value is -2.11. The van der Waals surface area contributed by atoms with Crippen LogP contribution in [0, 0.1) is 11.3 Å². The summed E-state index contributed by atoms with van der Waals surface area (Å²) in [4.78, 5) is 24.6. The Bertz CT molecular complexity index is 644. The average Bonchev–Trinajstić information content (AvgIpc) is 2.57. The lowest BCUT2D eigenvalue weighted by atomic mass is 9.98. The minimum atomic E-state index is -1.32. The van der Waals surface area contributed by atoms with Crippen LogP contribution in [-0.2, 0) is 14.3 Å². The molecule has 1 aliphatic rings. The maximum atomic E-state index is 12.3. The third kappa shape index (κ3) is 6.65. The molecule has 0 spiro atoms. The number of dihydropyridines is 1. The molecule has 0 aromatic rings. The van der Waals surface area contributed by atoms with E-state index in [1.165, 1.54) is 6.08 Å². The van der Waals surface area contributed by atoms with Gasteiger partial charge in [-0.25, -0.2) is 4.79 Å². The summed E-state index contributed by atoms with van der Waals surface area (Å²) in [6.45, 7) is 10.5. The van der Waals surface area contributed by atoms with Crippen LogP contribution in [0.3, 0.4) is 0 Å². The minimum absolute atomic E-state index is 0.129. The lowest BCUT2D eigenvalue weighted by Gasteiger charge is -2.25. The predicted octanol–water partition coefficient (Wildman–Crippen LogP) is 1.45. The zero-order chi connectivity index (χ0) is 19.9. The van der Waals surface area contributed by atoms with E-state index in [1.807, 2.05) is 13.0 Å². The predicted molar refractivity (Wildman–Crippen MR) is 102 cm³/mol. The van der Waals surface area contributed by atoms with Crippen LogP contribution in [0.2, 0.25) is 25.7 Å². The Morgan fingerprint density at radius 1 is 1.46 bits per heavy atom. The summed E-state index contributed by atoms with van der Waals surface area (Å²) >= 11 is 0. The molecule has 26 heavy (non-hydrogen) atoms. The van der Waals surface area contributed by atoms with Crippen LogP contribution < -0.4 is 10.6 Å². The van der Waals surface area contributed by atoms with Gasteiger partial charge in [-0.15, -0.1) is 0 Å². The molecule has 1 heterocycles. The van der Waals surface area contributed by atoms with Gasteiger partial charge >= 0.3 is 5.97 Å². The molecule has 0 saturated carbocycles. The van der Waals surface area contributed by atoms with E-state index < -0.39 is 32.1 Å². The van der Waals surface area contributed by atoms with E-state index in [0.29, 0.717) is 18.7 Å². The van der Waals surface area contributed by atoms with Crippen molar-refractivity contribution in [2.75, 3.05) is 13.2 Å². The van der Waals surface area contributed by atoms with Gasteiger partial charge in [-0.05, 0) is 25.5 Å². The Kier molecular flexibility index (Phi) is 8.05. The van der Waals surface area contributed by atoms with Gasteiger partial charge in [0, 0.05) is 20.3 Å². The molecular weight excluding hydrogens is 350 g/mol. The zero-order valence-electron chi connectivity index (χ0n) is 16.2. The lowest BCUT2D eigenvalue weighted by molar-refractivity contribution is -0.144. The lowest BCUT2D eigenvalue weighted by Crippen LogP contribution is -2.43. The normalized spacial score (nSPS) is 18.3. The first kappa shape index (κ1) is 21.9. The molecular formula is C18H29N3O4Si. The fourth-order valence-electron chi connectivity index (χ4n) is 2.23. The van der Waals surface area contributed by atoms with E-state index in [-0.39, 0.29) is 17.7 Å². The van der Waals surface area contributed by atoms with Gasteiger partial charge in [0.25, 0.3) is 5.91 Å². The highest BCUT2D eigenvalue weighted by atomic mass is 28.3. The van der Waals surface area contributed by atoms with Crippen LogP contribution >= 0.6 is 0 Å². The molecule has 2 atom stereocenters. The largest absolute Gasteiger partial charge is 0.464 e. The summed E-state index contributed by atoms with van der Waals surface area (Å²) in [5, 5.41) is 24.4. The van der Waals surface area contributed by atoms with Crippen molar-refractivity contribution in [3.05, 3.63) is 22.9 Å². The second-order valence-corrected chi connectivity index (χ2v) is 13.2. The molecule has 0 bridgehead atoms. The Labute approximate surface area is 156 Å². The van der Waals surface area contributed by atoms with Crippen molar-refractivity contribution < 1.29 is 19.4 Å². The smallest absolute Gasteiger partial charge is 0.334 e. The number of nitrogens with one attached hydrogen (secondary N) is 2. The number of esters is 1. The van der Waals surface area contributed by atoms with Gasteiger partial charge in [0.2, 0.25) is 0 Å². The summed E-state index contributed by atoms with van der Waals surface area (Å²) in [6.07, 6.45) is 1.32. The maximum absolute atomic E-state index is 12.3. The molecule has 7 nitrogen and oxygen atoms in total. The first-order valence-electron chi connectivity index (χ1n) is 8.81. The number of nitriles is 1. The topological polar surface area (TPSA) is 111 Å². The molecule has 0 aromatic carbocycles. The van der Waals surface area contributed by atoms with Gasteiger partial charge in [0.15, 0.2) is 6.04 Å². The summed E-state index contributed by atoms with van der Waals surface area (Å²) < 4.78 is 5.31. The molecule has 144 valence electrons. The summed E-state index contributed by atoms with van der Waals surface area (Å²) in [5.74, 6) is -0.919. The summed E-state index contributed by atoms with van der Waals surface area (Å²) in [5.41, 5.74) is 0.894. The van der Waals surface area contributed by atoms with Crippen LogP contribution in [0.15, 0.2) is 22.9 Å². The maximum Gasteiger partial charge on any atom is 0.334 e. The van der Waals surface area contributed by atoms with Crippen molar-refractivity contribution in [2.24, 2.45) is 0 Å². The highest BCUT2D eigenvalue weighted by molar-refractivity contribution is 6.76. The molecule has 2 unspecified atom stereocenters. The molecule has 1 amide bonds. The zero-order valence-corrected chi connectivity index (χ0v) is 17.2. The van der Waals surface area contributed by atoms with Crippen molar-refractivity contribution in [1.82, 2.24) is 10.6 Å². The molecule has 0 aromatic heterocycles. The molecule has 0 saturated heterocycles. The van der Waals surface area contributed by atoms with Crippen molar-refractivity contribution in [1.29, 1.82) is 5.26 Å². The van der Waals surface area contributed by atoms with Crippen LogP contribution in [0.25, 0.3) is 0 Å². The van der Waals surface area contributed by atoms with Crippen molar-refractivity contribution in [3.8, 4) is 6.07 Å². The monoisotopic (exact) mass is 379 g/mol. The van der Waals surface area contributed by atoms with E-state index in [0.717, 1.165) is 6.04 Å². The number of rotatable bonds is 8. The van der Waals surface area contributed by atoms with E-state index in [4.69, 9.17) is 4.74 Å². The number of carbonyl (C=O) groups excluding carboxylic acids is 2. The number of nitrogens with zero attached hydrogens (tertiary/aromatic N) is 1. The number of carbonyl (C=O) groups is 2. The van der Waals surface area contributed by atoms with E-state index in [2.05, 4.69) is 30.3 Å². The first-order valence-corrected chi connectivity index (χ1v) is 12.5. The van der Waals surface area contributed by atoms with Gasteiger partial charge in [-0.2, -0.15) is 5.26 Å². The van der Waals surface area contributed by atoms with Crippen LogP contribution in [0.5, 0.6) is 0 Å². The van der Waals surface area contributed by atoms with E-state index in [9.17, 15) is 20.0 Å². The van der Waals surface area contributed by atoms with Gasteiger partial charge in [-0.3, -0.25) is 4.79 Å². The third-order valence-corrected chi connectivity index (χ3v) is 5.76. The molecule has 0 aliphatic carbocycles. The average molecular weight is 380 g/mol. The van der Waals surface area contributed by atoms with Gasteiger partial charge in [0.1, 0.15) is 0 Å². The van der Waals surface area contributed by atoms with Crippen LogP contribution in [0.1, 0.15) is 20.3 Å². The second kappa shape index (κ2) is 9.55. The fourth-order valence-corrected chi connectivity index (χ4v) is 2.94. The molecule has 3 N–H and O–H groups in total. The molecule has 8 heteroatoms. The molecule has 1 rings (SSSR count). The molecule has 0 fully saturated rings. The van der Waals surface area contributed by atoms with Crippen molar-refractivity contribution in [2.45, 2.75) is 58.1 Å². The molecule has 0 radical (unpaired) electrons. The first-order chi connectivity index (χ1) is 12.1. The van der Waals surface area contributed by atoms with Gasteiger partial charge < -0.3 is 20.5 Å². The second-order valence-electron chi connectivity index (χ2n) is 7.58. The van der Waals surface area contributed by atoms with Crippen molar-refractivity contribution in [3.63, 3.8) is 0 Å².